The summed E-state index contributed by atoms with van der Waals surface area (Å²) in [6, 6.07) is 10.4. The van der Waals surface area contributed by atoms with Crippen molar-refractivity contribution in [3.63, 3.8) is 0 Å². The smallest absolute Gasteiger partial charge is 0.326 e. The number of rotatable bonds is 6. The Morgan fingerprint density at radius 3 is 2.62 bits per heavy atom. The molecule has 0 saturated carbocycles. The summed E-state index contributed by atoms with van der Waals surface area (Å²) in [5.74, 6) is -1.12. The number of aromatic amines is 1. The Morgan fingerprint density at radius 2 is 1.97 bits per heavy atom. The number of aryl methyl sites for hydroxylation is 1. The minimum Gasteiger partial charge on any atom is -0.326 e. The van der Waals surface area contributed by atoms with Gasteiger partial charge in [-0.25, -0.2) is 13.2 Å². The molecule has 0 radical (unpaired) electrons. The van der Waals surface area contributed by atoms with Crippen LogP contribution in [-0.2, 0) is 14.8 Å². The minimum atomic E-state index is -3.94. The summed E-state index contributed by atoms with van der Waals surface area (Å²) in [6.45, 7) is 1.81. The Kier molecular flexibility index (Phi) is 6.30. The lowest BCUT2D eigenvalue weighted by molar-refractivity contribution is -0.385. The van der Waals surface area contributed by atoms with E-state index in [1.807, 2.05) is 0 Å². The largest absolute Gasteiger partial charge is 0.439 e. The Bertz CT molecular complexity index is 1400. The van der Waals surface area contributed by atoms with Gasteiger partial charge >= 0.3 is 5.76 Å². The van der Waals surface area contributed by atoms with Crippen molar-refractivity contribution in [3.8, 4) is 11.4 Å². The number of nitro benzene ring substituents is 1. The molecule has 2 aromatic carbocycles. The number of aromatic nitrogens is 2. The number of nitrogens with zero attached hydrogens (tertiary/aromatic N) is 3. The molecule has 1 aliphatic heterocycles. The summed E-state index contributed by atoms with van der Waals surface area (Å²) < 4.78 is 31.9. The van der Waals surface area contributed by atoms with Gasteiger partial charge in [-0.3, -0.25) is 24.4 Å². The first-order valence-corrected chi connectivity index (χ1v) is 11.8. The van der Waals surface area contributed by atoms with Gasteiger partial charge in [-0.15, -0.1) is 0 Å². The lowest BCUT2D eigenvalue weighted by atomic mass is 9.97. The van der Waals surface area contributed by atoms with E-state index in [1.54, 1.807) is 31.2 Å². The van der Waals surface area contributed by atoms with Crippen LogP contribution >= 0.6 is 0 Å². The average Bonchev–Trinajstić information content (AvgIpc) is 3.25. The molecule has 1 amide bonds. The van der Waals surface area contributed by atoms with Crippen molar-refractivity contribution in [1.29, 1.82) is 0 Å². The molecule has 13 heteroatoms. The van der Waals surface area contributed by atoms with Crippen LogP contribution < -0.4 is 11.1 Å². The highest BCUT2D eigenvalue weighted by Gasteiger charge is 2.33. The van der Waals surface area contributed by atoms with Gasteiger partial charge in [0, 0.05) is 42.4 Å². The van der Waals surface area contributed by atoms with Crippen LogP contribution in [0, 0.1) is 23.0 Å². The second kappa shape index (κ2) is 9.19. The van der Waals surface area contributed by atoms with Gasteiger partial charge in [-0.2, -0.15) is 4.31 Å². The van der Waals surface area contributed by atoms with Crippen LogP contribution in [0.5, 0.6) is 0 Å². The summed E-state index contributed by atoms with van der Waals surface area (Å²) >= 11 is 0. The van der Waals surface area contributed by atoms with E-state index in [9.17, 15) is 28.1 Å². The van der Waals surface area contributed by atoms with Crippen LogP contribution in [0.1, 0.15) is 18.4 Å². The third-order valence-corrected chi connectivity index (χ3v) is 7.71. The van der Waals surface area contributed by atoms with Gasteiger partial charge in [-0.05, 0) is 37.5 Å². The minimum absolute atomic E-state index is 0.104. The highest BCUT2D eigenvalue weighted by atomic mass is 32.2. The van der Waals surface area contributed by atoms with Crippen LogP contribution in [0.2, 0.25) is 0 Å². The van der Waals surface area contributed by atoms with E-state index in [-0.39, 0.29) is 35.4 Å². The number of non-ortho nitro benzene ring substituents is 1. The zero-order chi connectivity index (χ0) is 24.5. The molecule has 2 N–H and O–H groups in total. The number of carbonyl (C=O) groups excluding carboxylic acids is 1. The molecule has 1 saturated heterocycles. The van der Waals surface area contributed by atoms with Crippen molar-refractivity contribution in [2.75, 3.05) is 18.4 Å². The normalized spacial score (nSPS) is 15.2. The van der Waals surface area contributed by atoms with Gasteiger partial charge in [0.2, 0.25) is 15.9 Å². The number of sulfonamides is 1. The fourth-order valence-electron chi connectivity index (χ4n) is 3.82. The molecule has 12 nitrogen and oxygen atoms in total. The SMILES string of the molecule is Cc1ccc([N+](=O)[O-])cc1S(=O)(=O)N1CCC(C(=O)Nc2cccc(-c3noc(=O)[nH]3)c2)CC1. The molecule has 1 aliphatic rings. The van der Waals surface area contributed by atoms with Crippen molar-refractivity contribution >= 4 is 27.3 Å². The summed E-state index contributed by atoms with van der Waals surface area (Å²) in [5.41, 5.74) is 1.17. The third-order valence-electron chi connectivity index (χ3n) is 5.67. The summed E-state index contributed by atoms with van der Waals surface area (Å²) in [4.78, 5) is 36.7. The van der Waals surface area contributed by atoms with Gasteiger partial charge in [0.05, 0.1) is 9.82 Å². The zero-order valence-electron chi connectivity index (χ0n) is 18.1. The lowest BCUT2D eigenvalue weighted by Crippen LogP contribution is -2.41. The Hall–Kier alpha value is -3.84. The molecular weight excluding hydrogens is 466 g/mol. The van der Waals surface area contributed by atoms with Crippen LogP contribution in [0.4, 0.5) is 11.4 Å². The fourth-order valence-corrected chi connectivity index (χ4v) is 5.53. The number of nitro groups is 1. The first kappa shape index (κ1) is 23.3. The number of amides is 1. The maximum Gasteiger partial charge on any atom is 0.439 e. The topological polar surface area (TPSA) is 169 Å². The molecule has 3 aromatic rings. The van der Waals surface area contributed by atoms with E-state index in [1.165, 1.54) is 16.4 Å². The molecule has 0 atom stereocenters. The number of hydrogen-bond acceptors (Lipinski definition) is 8. The quantitative estimate of drug-likeness (QED) is 0.394. The molecule has 34 heavy (non-hydrogen) atoms. The van der Waals surface area contributed by atoms with E-state index >= 15 is 0 Å². The molecule has 0 aliphatic carbocycles. The molecule has 0 unspecified atom stereocenters. The predicted octanol–water partition coefficient (Wildman–Crippen LogP) is 2.29. The number of piperidine rings is 1. The van der Waals surface area contributed by atoms with Crippen molar-refractivity contribution in [2.24, 2.45) is 5.92 Å². The predicted molar refractivity (Wildman–Crippen MR) is 121 cm³/mol. The first-order chi connectivity index (χ1) is 16.1. The van der Waals surface area contributed by atoms with E-state index < -0.39 is 26.6 Å². The van der Waals surface area contributed by atoms with Crippen molar-refractivity contribution < 1.29 is 22.7 Å². The van der Waals surface area contributed by atoms with Gasteiger partial charge in [0.1, 0.15) is 0 Å². The van der Waals surface area contributed by atoms with Gasteiger partial charge in [0.25, 0.3) is 5.69 Å². The molecular formula is C21H21N5O7S. The van der Waals surface area contributed by atoms with Crippen LogP contribution in [0.25, 0.3) is 11.4 Å². The molecule has 4 rings (SSSR count). The van der Waals surface area contributed by atoms with Crippen LogP contribution in [-0.4, -0.2) is 46.8 Å². The number of nitrogens with one attached hydrogen (secondary N) is 2. The second-order valence-electron chi connectivity index (χ2n) is 7.90. The number of benzene rings is 2. The first-order valence-electron chi connectivity index (χ1n) is 10.4. The highest BCUT2D eigenvalue weighted by molar-refractivity contribution is 7.89. The van der Waals surface area contributed by atoms with Gasteiger partial charge in [-0.1, -0.05) is 23.4 Å². The molecule has 1 aromatic heterocycles. The third kappa shape index (κ3) is 4.75. The Balaban J connectivity index is 1.42. The summed E-state index contributed by atoms with van der Waals surface area (Å²) in [5, 5.41) is 17.5. The Morgan fingerprint density at radius 1 is 1.24 bits per heavy atom. The zero-order valence-corrected chi connectivity index (χ0v) is 18.9. The number of anilines is 1. The van der Waals surface area contributed by atoms with Crippen LogP contribution in [0.3, 0.4) is 0 Å². The van der Waals surface area contributed by atoms with Crippen LogP contribution in [0.15, 0.2) is 56.7 Å². The Labute approximate surface area is 193 Å². The number of carbonyl (C=O) groups is 1. The monoisotopic (exact) mass is 487 g/mol. The second-order valence-corrected chi connectivity index (χ2v) is 9.81. The fraction of sp³-hybridized carbons (Fsp3) is 0.286. The van der Waals surface area contributed by atoms with E-state index in [0.717, 1.165) is 6.07 Å². The maximum absolute atomic E-state index is 13.1. The summed E-state index contributed by atoms with van der Waals surface area (Å²) in [7, 11) is -3.94. The van der Waals surface area contributed by atoms with Gasteiger partial charge < -0.3 is 5.32 Å². The van der Waals surface area contributed by atoms with Crippen molar-refractivity contribution in [1.82, 2.24) is 14.4 Å². The lowest BCUT2D eigenvalue weighted by Gasteiger charge is -2.30. The summed E-state index contributed by atoms with van der Waals surface area (Å²) in [6.07, 6.45) is 0.602. The van der Waals surface area contributed by atoms with Gasteiger partial charge in [0.15, 0.2) is 5.82 Å². The average molecular weight is 487 g/mol. The molecule has 0 spiro atoms. The molecule has 0 bridgehead atoms. The van der Waals surface area contributed by atoms with Crippen molar-refractivity contribution in [2.45, 2.75) is 24.7 Å². The molecule has 2 heterocycles. The molecule has 1 fully saturated rings. The van der Waals surface area contributed by atoms with E-state index in [4.69, 9.17) is 0 Å². The number of H-pyrrole nitrogens is 1. The van der Waals surface area contributed by atoms with E-state index in [2.05, 4.69) is 20.0 Å². The van der Waals surface area contributed by atoms with E-state index in [0.29, 0.717) is 29.7 Å². The standard InChI is InChI=1S/C21H21N5O7S/c1-13-5-6-17(26(29)30)12-18(13)34(31,32)25-9-7-14(8-10-25)20(27)22-16-4-2-3-15(11-16)19-23-21(28)33-24-19/h2-6,11-12,14H,7-10H2,1H3,(H,22,27)(H,23,24,28). The highest BCUT2D eigenvalue weighted by Crippen LogP contribution is 2.29. The van der Waals surface area contributed by atoms with Crippen molar-refractivity contribution in [3.05, 3.63) is 68.7 Å². The number of hydrogen-bond donors (Lipinski definition) is 2. The molecule has 178 valence electrons. The maximum atomic E-state index is 13.1.